The van der Waals surface area contributed by atoms with Gasteiger partial charge in [-0.15, -0.1) is 0 Å². The van der Waals surface area contributed by atoms with E-state index in [0.717, 1.165) is 33.9 Å². The predicted octanol–water partition coefficient (Wildman–Crippen LogP) is 3.73. The van der Waals surface area contributed by atoms with Crippen molar-refractivity contribution in [1.29, 1.82) is 0 Å². The largest absolute Gasteiger partial charge is 0.465 e. The molecule has 5 nitrogen and oxygen atoms in total. The number of nitrogens with one attached hydrogen (secondary N) is 1. The van der Waals surface area contributed by atoms with Crippen LogP contribution in [-0.2, 0) is 14.3 Å². The van der Waals surface area contributed by atoms with Crippen molar-refractivity contribution in [3.8, 4) is 0 Å². The fourth-order valence-electron chi connectivity index (χ4n) is 2.44. The molecule has 1 N–H and O–H groups in total. The average Bonchev–Trinajstić information content (AvgIpc) is 3.26. The van der Waals surface area contributed by atoms with E-state index in [1.807, 2.05) is 24.0 Å². The van der Waals surface area contributed by atoms with Gasteiger partial charge >= 0.3 is 5.97 Å². The van der Waals surface area contributed by atoms with E-state index >= 15 is 0 Å². The quantitative estimate of drug-likeness (QED) is 0.599. The lowest BCUT2D eigenvalue weighted by Gasteiger charge is -2.21. The van der Waals surface area contributed by atoms with Gasteiger partial charge in [0, 0.05) is 15.5 Å². The molecular formula is C17H22Br2N2O3. The van der Waals surface area contributed by atoms with Crippen LogP contribution < -0.4 is 5.32 Å². The lowest BCUT2D eigenvalue weighted by molar-refractivity contribution is -0.144. The number of carbonyl (C=O) groups is 2. The van der Waals surface area contributed by atoms with Crippen molar-refractivity contribution in [1.82, 2.24) is 4.90 Å². The summed E-state index contributed by atoms with van der Waals surface area (Å²) in [6.07, 6.45) is 2.33. The molecule has 132 valence electrons. The van der Waals surface area contributed by atoms with Gasteiger partial charge in [-0.05, 0) is 82.2 Å². The van der Waals surface area contributed by atoms with Crippen molar-refractivity contribution in [3.05, 3.63) is 26.6 Å². The minimum absolute atomic E-state index is 0.147. The molecule has 0 spiro atoms. The Morgan fingerprint density at radius 2 is 1.88 bits per heavy atom. The van der Waals surface area contributed by atoms with Crippen LogP contribution in [0.5, 0.6) is 0 Å². The van der Waals surface area contributed by atoms with Gasteiger partial charge in [0.1, 0.15) is 0 Å². The molecule has 1 aromatic carbocycles. The molecule has 2 rings (SSSR count). The summed E-state index contributed by atoms with van der Waals surface area (Å²) in [5.41, 5.74) is 1.79. The highest BCUT2D eigenvalue weighted by molar-refractivity contribution is 9.11. The van der Waals surface area contributed by atoms with Crippen molar-refractivity contribution in [3.63, 3.8) is 0 Å². The highest BCUT2D eigenvalue weighted by Gasteiger charge is 2.27. The van der Waals surface area contributed by atoms with E-state index in [9.17, 15) is 9.59 Å². The number of aryl methyl sites for hydroxylation is 1. The summed E-state index contributed by atoms with van der Waals surface area (Å²) < 4.78 is 6.64. The molecule has 0 bridgehead atoms. The van der Waals surface area contributed by atoms with Gasteiger partial charge in [0.2, 0.25) is 5.91 Å². The third kappa shape index (κ3) is 6.18. The zero-order valence-electron chi connectivity index (χ0n) is 13.9. The van der Waals surface area contributed by atoms with Crippen LogP contribution in [0.1, 0.15) is 25.3 Å². The van der Waals surface area contributed by atoms with Gasteiger partial charge in [-0.1, -0.05) is 0 Å². The first-order valence-electron chi connectivity index (χ1n) is 8.02. The Bertz CT molecular complexity index is 595. The summed E-state index contributed by atoms with van der Waals surface area (Å²) in [7, 11) is 0. The molecule has 24 heavy (non-hydrogen) atoms. The number of nitrogens with zero attached hydrogens (tertiary/aromatic N) is 1. The van der Waals surface area contributed by atoms with E-state index in [-0.39, 0.29) is 25.0 Å². The number of esters is 1. The van der Waals surface area contributed by atoms with Gasteiger partial charge in [0.05, 0.1) is 25.4 Å². The summed E-state index contributed by atoms with van der Waals surface area (Å²) in [4.78, 5) is 26.0. The highest BCUT2D eigenvalue weighted by atomic mass is 79.9. The van der Waals surface area contributed by atoms with E-state index in [1.165, 1.54) is 0 Å². The third-order valence-corrected chi connectivity index (χ3v) is 4.94. The number of hydrogen-bond donors (Lipinski definition) is 1. The summed E-state index contributed by atoms with van der Waals surface area (Å²) in [5, 5.41) is 2.91. The molecule has 0 aliphatic heterocycles. The Hall–Kier alpha value is -0.920. The van der Waals surface area contributed by atoms with Crippen molar-refractivity contribution in [2.24, 2.45) is 5.92 Å². The summed E-state index contributed by atoms with van der Waals surface area (Å²) in [5.74, 6) is 0.152. The molecule has 0 radical (unpaired) electrons. The van der Waals surface area contributed by atoms with Crippen molar-refractivity contribution < 1.29 is 14.3 Å². The topological polar surface area (TPSA) is 58.6 Å². The van der Waals surface area contributed by atoms with Crippen molar-refractivity contribution in [2.75, 3.05) is 31.6 Å². The molecule has 1 aliphatic carbocycles. The smallest absolute Gasteiger partial charge is 0.320 e. The molecule has 0 heterocycles. The van der Waals surface area contributed by atoms with E-state index in [0.29, 0.717) is 18.2 Å². The Morgan fingerprint density at radius 1 is 1.25 bits per heavy atom. The number of ether oxygens (including phenoxy) is 1. The van der Waals surface area contributed by atoms with Crippen LogP contribution in [0.25, 0.3) is 0 Å². The van der Waals surface area contributed by atoms with Gasteiger partial charge in [-0.2, -0.15) is 0 Å². The van der Waals surface area contributed by atoms with Crippen LogP contribution in [0.4, 0.5) is 5.69 Å². The lowest BCUT2D eigenvalue weighted by Crippen LogP contribution is -2.38. The molecule has 1 fully saturated rings. The van der Waals surface area contributed by atoms with Crippen LogP contribution in [0.15, 0.2) is 21.1 Å². The zero-order chi connectivity index (χ0) is 17.7. The maximum atomic E-state index is 12.4. The molecule has 0 unspecified atom stereocenters. The molecule has 1 aromatic rings. The van der Waals surface area contributed by atoms with Gasteiger partial charge < -0.3 is 10.1 Å². The Kier molecular flexibility index (Phi) is 7.25. The molecule has 1 saturated carbocycles. The van der Waals surface area contributed by atoms with Crippen molar-refractivity contribution >= 4 is 49.4 Å². The van der Waals surface area contributed by atoms with E-state index in [1.54, 1.807) is 6.92 Å². The van der Waals surface area contributed by atoms with E-state index in [4.69, 9.17) is 4.74 Å². The van der Waals surface area contributed by atoms with Crippen LogP contribution in [0, 0.1) is 12.8 Å². The number of amides is 1. The van der Waals surface area contributed by atoms with Crippen LogP contribution in [0.3, 0.4) is 0 Å². The Labute approximate surface area is 159 Å². The summed E-state index contributed by atoms with van der Waals surface area (Å²) in [6, 6.07) is 3.89. The van der Waals surface area contributed by atoms with Crippen LogP contribution in [0.2, 0.25) is 0 Å². The van der Waals surface area contributed by atoms with E-state index in [2.05, 4.69) is 37.2 Å². The SMILES string of the molecule is CCOC(=O)CN(CC(=O)Nc1c(Br)cc(C)cc1Br)CC1CC1. The molecule has 0 aromatic heterocycles. The number of anilines is 1. The number of halogens is 2. The van der Waals surface area contributed by atoms with Gasteiger partial charge in [-0.25, -0.2) is 0 Å². The minimum Gasteiger partial charge on any atom is -0.465 e. The van der Waals surface area contributed by atoms with Crippen LogP contribution in [-0.4, -0.2) is 43.0 Å². The maximum absolute atomic E-state index is 12.4. The normalized spacial score (nSPS) is 13.9. The van der Waals surface area contributed by atoms with Crippen molar-refractivity contribution in [2.45, 2.75) is 26.7 Å². The first-order chi connectivity index (χ1) is 11.4. The number of rotatable bonds is 8. The zero-order valence-corrected chi connectivity index (χ0v) is 17.1. The second-order valence-electron chi connectivity index (χ2n) is 6.07. The summed E-state index contributed by atoms with van der Waals surface area (Å²) >= 11 is 6.94. The molecule has 1 aliphatic rings. The van der Waals surface area contributed by atoms with Crippen LogP contribution >= 0.6 is 31.9 Å². The average molecular weight is 462 g/mol. The fraction of sp³-hybridized carbons (Fsp3) is 0.529. The molecule has 1 amide bonds. The van der Waals surface area contributed by atoms with Gasteiger partial charge in [0.15, 0.2) is 0 Å². The first kappa shape index (κ1) is 19.4. The standard InChI is InChI=1S/C17H22Br2N2O3/c1-3-24-16(23)10-21(8-12-4-5-12)9-15(22)20-17-13(18)6-11(2)7-14(17)19/h6-7,12H,3-5,8-10H2,1-2H3,(H,20,22). The minimum atomic E-state index is -0.288. The predicted molar refractivity (Wildman–Crippen MR) is 101 cm³/mol. The second-order valence-corrected chi connectivity index (χ2v) is 7.78. The summed E-state index contributed by atoms with van der Waals surface area (Å²) in [6.45, 7) is 5.18. The number of hydrogen-bond acceptors (Lipinski definition) is 4. The van der Waals surface area contributed by atoms with Gasteiger partial charge in [0.25, 0.3) is 0 Å². The fourth-order valence-corrected chi connectivity index (χ4v) is 4.05. The Balaban J connectivity index is 1.97. The maximum Gasteiger partial charge on any atom is 0.320 e. The highest BCUT2D eigenvalue weighted by Crippen LogP contribution is 2.32. The van der Waals surface area contributed by atoms with Gasteiger partial charge in [-0.3, -0.25) is 14.5 Å². The molecule has 0 atom stereocenters. The first-order valence-corrected chi connectivity index (χ1v) is 9.61. The number of carbonyl (C=O) groups excluding carboxylic acids is 2. The second kappa shape index (κ2) is 8.97. The molecular weight excluding hydrogens is 440 g/mol. The lowest BCUT2D eigenvalue weighted by atomic mass is 10.2. The van der Waals surface area contributed by atoms with E-state index < -0.39 is 0 Å². The Morgan fingerprint density at radius 3 is 2.42 bits per heavy atom. The monoisotopic (exact) mass is 460 g/mol. The number of benzene rings is 1. The third-order valence-electron chi connectivity index (χ3n) is 3.69. The molecule has 0 saturated heterocycles. The molecule has 7 heteroatoms.